The standard InChI is InChI=1S/C26H20N2O5/c1-15(23-27-21-10-6-5-9-20(21)24(29)28-23)32-25(30)17-11-12-19-18(13-17)14-22(33-26(19)31)16-7-3-2-4-8-16/h2-13,15,22H,14H2,1H3,(H,27,28,29). The van der Waals surface area contributed by atoms with Crippen LogP contribution >= 0.6 is 0 Å². The van der Waals surface area contributed by atoms with E-state index in [0.29, 0.717) is 28.5 Å². The number of hydrogen-bond donors (Lipinski definition) is 1. The van der Waals surface area contributed by atoms with Crippen molar-refractivity contribution >= 4 is 22.8 Å². The lowest BCUT2D eigenvalue weighted by molar-refractivity contribution is 0.0247. The predicted molar refractivity (Wildman–Crippen MR) is 121 cm³/mol. The molecule has 0 saturated carbocycles. The monoisotopic (exact) mass is 440 g/mol. The molecule has 1 N–H and O–H groups in total. The van der Waals surface area contributed by atoms with Gasteiger partial charge in [0.2, 0.25) is 0 Å². The number of rotatable bonds is 4. The third kappa shape index (κ3) is 4.01. The quantitative estimate of drug-likeness (QED) is 0.475. The fraction of sp³-hybridized carbons (Fsp3) is 0.154. The summed E-state index contributed by atoms with van der Waals surface area (Å²) in [5, 5.41) is 0.467. The molecule has 2 unspecified atom stereocenters. The molecule has 0 fully saturated rings. The van der Waals surface area contributed by atoms with Crippen LogP contribution < -0.4 is 5.56 Å². The molecular formula is C26H20N2O5. The molecular weight excluding hydrogens is 420 g/mol. The molecule has 0 spiro atoms. The summed E-state index contributed by atoms with van der Waals surface area (Å²) in [6.45, 7) is 1.64. The Hall–Kier alpha value is -4.26. The van der Waals surface area contributed by atoms with Crippen LogP contribution in [0.25, 0.3) is 10.9 Å². The molecule has 1 aliphatic rings. The van der Waals surface area contributed by atoms with Gasteiger partial charge in [0, 0.05) is 6.42 Å². The maximum atomic E-state index is 12.8. The fourth-order valence-electron chi connectivity index (χ4n) is 3.96. The lowest BCUT2D eigenvalue weighted by Gasteiger charge is -2.25. The molecule has 0 saturated heterocycles. The Bertz CT molecular complexity index is 1430. The molecule has 0 radical (unpaired) electrons. The first-order chi connectivity index (χ1) is 16.0. The zero-order chi connectivity index (χ0) is 22.9. The summed E-state index contributed by atoms with van der Waals surface area (Å²) < 4.78 is 11.1. The van der Waals surface area contributed by atoms with E-state index < -0.39 is 24.1 Å². The number of H-pyrrole nitrogens is 1. The van der Waals surface area contributed by atoms with E-state index in [0.717, 1.165) is 11.1 Å². The van der Waals surface area contributed by atoms with Gasteiger partial charge >= 0.3 is 11.9 Å². The Labute approximate surface area is 189 Å². The van der Waals surface area contributed by atoms with Gasteiger partial charge in [-0.05, 0) is 48.4 Å². The van der Waals surface area contributed by atoms with Gasteiger partial charge in [0.25, 0.3) is 5.56 Å². The van der Waals surface area contributed by atoms with E-state index in [4.69, 9.17) is 9.47 Å². The molecule has 2 heterocycles. The molecule has 0 amide bonds. The number of nitrogens with one attached hydrogen (secondary N) is 1. The fourth-order valence-corrected chi connectivity index (χ4v) is 3.96. The number of carbonyl (C=O) groups excluding carboxylic acids is 2. The van der Waals surface area contributed by atoms with Crippen LogP contribution in [0.5, 0.6) is 0 Å². The Balaban J connectivity index is 1.38. The third-order valence-corrected chi connectivity index (χ3v) is 5.69. The smallest absolute Gasteiger partial charge is 0.339 e. The predicted octanol–water partition coefficient (Wildman–Crippen LogP) is 4.30. The summed E-state index contributed by atoms with van der Waals surface area (Å²) in [5.41, 5.74) is 2.59. The molecule has 7 nitrogen and oxygen atoms in total. The number of fused-ring (bicyclic) bond motifs is 2. The molecule has 7 heteroatoms. The normalized spacial score (nSPS) is 16.0. The number of esters is 2. The maximum absolute atomic E-state index is 12.8. The minimum atomic E-state index is -0.770. The van der Waals surface area contributed by atoms with Crippen molar-refractivity contribution in [3.63, 3.8) is 0 Å². The highest BCUT2D eigenvalue weighted by Crippen LogP contribution is 2.31. The van der Waals surface area contributed by atoms with Crippen LogP contribution in [0, 0.1) is 0 Å². The number of aromatic amines is 1. The number of ether oxygens (including phenoxy) is 2. The van der Waals surface area contributed by atoms with Gasteiger partial charge in [-0.3, -0.25) is 4.79 Å². The maximum Gasteiger partial charge on any atom is 0.339 e. The van der Waals surface area contributed by atoms with Crippen molar-refractivity contribution in [2.75, 3.05) is 0 Å². The van der Waals surface area contributed by atoms with E-state index in [-0.39, 0.29) is 11.4 Å². The van der Waals surface area contributed by atoms with Gasteiger partial charge in [0.15, 0.2) is 11.9 Å². The van der Waals surface area contributed by atoms with Crippen molar-refractivity contribution in [3.8, 4) is 0 Å². The topological polar surface area (TPSA) is 98.3 Å². The van der Waals surface area contributed by atoms with Crippen molar-refractivity contribution in [1.29, 1.82) is 0 Å². The third-order valence-electron chi connectivity index (χ3n) is 5.69. The molecule has 164 valence electrons. The van der Waals surface area contributed by atoms with Crippen molar-refractivity contribution in [2.24, 2.45) is 0 Å². The molecule has 2 atom stereocenters. The van der Waals surface area contributed by atoms with Crippen LogP contribution in [0.15, 0.2) is 77.6 Å². The van der Waals surface area contributed by atoms with Gasteiger partial charge in [-0.15, -0.1) is 0 Å². The second kappa shape index (κ2) is 8.35. The van der Waals surface area contributed by atoms with Gasteiger partial charge in [0.1, 0.15) is 6.10 Å². The highest BCUT2D eigenvalue weighted by molar-refractivity contribution is 5.95. The summed E-state index contributed by atoms with van der Waals surface area (Å²) in [6.07, 6.45) is -0.724. The average Bonchev–Trinajstić information content (AvgIpc) is 2.84. The van der Waals surface area contributed by atoms with E-state index in [1.54, 1.807) is 43.3 Å². The molecule has 0 aliphatic carbocycles. The Morgan fingerprint density at radius 2 is 1.82 bits per heavy atom. The Morgan fingerprint density at radius 3 is 2.64 bits per heavy atom. The summed E-state index contributed by atoms with van der Waals surface area (Å²) in [5.74, 6) is -0.731. The van der Waals surface area contributed by atoms with E-state index in [1.165, 1.54) is 6.07 Å². The van der Waals surface area contributed by atoms with Crippen molar-refractivity contribution in [3.05, 3.63) is 111 Å². The number of cyclic esters (lactones) is 1. The summed E-state index contributed by atoms with van der Waals surface area (Å²) in [4.78, 5) is 44.7. The zero-order valence-electron chi connectivity index (χ0n) is 17.8. The minimum absolute atomic E-state index is 0.262. The van der Waals surface area contributed by atoms with Crippen LogP contribution in [0.4, 0.5) is 0 Å². The van der Waals surface area contributed by atoms with Gasteiger partial charge in [-0.25, -0.2) is 14.6 Å². The number of carbonyl (C=O) groups is 2. The van der Waals surface area contributed by atoms with E-state index in [2.05, 4.69) is 9.97 Å². The van der Waals surface area contributed by atoms with E-state index in [1.807, 2.05) is 30.3 Å². The summed E-state index contributed by atoms with van der Waals surface area (Å²) in [6, 6.07) is 21.2. The van der Waals surface area contributed by atoms with Gasteiger partial charge in [-0.1, -0.05) is 42.5 Å². The number of para-hydroxylation sites is 1. The molecule has 1 aromatic heterocycles. The van der Waals surface area contributed by atoms with Crippen LogP contribution in [-0.2, 0) is 15.9 Å². The van der Waals surface area contributed by atoms with Crippen LogP contribution in [0.3, 0.4) is 0 Å². The van der Waals surface area contributed by atoms with Gasteiger partial charge in [0.05, 0.1) is 22.0 Å². The van der Waals surface area contributed by atoms with Crippen LogP contribution in [0.1, 0.15) is 56.8 Å². The van der Waals surface area contributed by atoms with Crippen molar-refractivity contribution in [2.45, 2.75) is 25.6 Å². The number of nitrogens with zero attached hydrogens (tertiary/aromatic N) is 1. The molecule has 33 heavy (non-hydrogen) atoms. The second-order valence-corrected chi connectivity index (χ2v) is 7.90. The average molecular weight is 440 g/mol. The van der Waals surface area contributed by atoms with E-state index in [9.17, 15) is 14.4 Å². The molecule has 1 aliphatic heterocycles. The van der Waals surface area contributed by atoms with Crippen molar-refractivity contribution < 1.29 is 19.1 Å². The number of hydrogen-bond acceptors (Lipinski definition) is 6. The lowest BCUT2D eigenvalue weighted by atomic mass is 9.93. The molecule has 5 rings (SSSR count). The molecule has 4 aromatic rings. The largest absolute Gasteiger partial charge is 0.454 e. The van der Waals surface area contributed by atoms with Gasteiger partial charge < -0.3 is 14.5 Å². The number of benzene rings is 3. The Morgan fingerprint density at radius 1 is 1.06 bits per heavy atom. The van der Waals surface area contributed by atoms with Gasteiger partial charge in [-0.2, -0.15) is 0 Å². The number of aromatic nitrogens is 2. The zero-order valence-corrected chi connectivity index (χ0v) is 17.8. The van der Waals surface area contributed by atoms with Crippen LogP contribution in [0.2, 0.25) is 0 Å². The highest BCUT2D eigenvalue weighted by Gasteiger charge is 2.28. The lowest BCUT2D eigenvalue weighted by Crippen LogP contribution is -2.22. The van der Waals surface area contributed by atoms with Crippen molar-refractivity contribution in [1.82, 2.24) is 9.97 Å². The Kier molecular flexibility index (Phi) is 5.22. The summed E-state index contributed by atoms with van der Waals surface area (Å²) >= 11 is 0. The molecule has 3 aromatic carbocycles. The SMILES string of the molecule is CC(OC(=O)c1ccc2c(c1)CC(c1ccccc1)OC2=O)c1nc2ccccc2c(=O)[nH]1. The highest BCUT2D eigenvalue weighted by atomic mass is 16.5. The molecule has 0 bridgehead atoms. The first-order valence-corrected chi connectivity index (χ1v) is 10.6. The minimum Gasteiger partial charge on any atom is -0.454 e. The van der Waals surface area contributed by atoms with Crippen LogP contribution in [-0.4, -0.2) is 21.9 Å². The van der Waals surface area contributed by atoms with E-state index >= 15 is 0 Å². The first kappa shape index (κ1) is 20.6. The first-order valence-electron chi connectivity index (χ1n) is 10.6. The summed E-state index contributed by atoms with van der Waals surface area (Å²) in [7, 11) is 0. The second-order valence-electron chi connectivity index (χ2n) is 7.90.